The van der Waals surface area contributed by atoms with Gasteiger partial charge < -0.3 is 9.73 Å². The maximum atomic E-state index is 11.8. The van der Waals surface area contributed by atoms with Gasteiger partial charge in [0.25, 0.3) is 5.91 Å². The van der Waals surface area contributed by atoms with Gasteiger partial charge in [-0.15, -0.1) is 0 Å². The van der Waals surface area contributed by atoms with Crippen LogP contribution in [0.5, 0.6) is 0 Å². The number of furan rings is 1. The van der Waals surface area contributed by atoms with Gasteiger partial charge in [0.2, 0.25) is 0 Å². The molecule has 1 rings (SSSR count). The van der Waals surface area contributed by atoms with Crippen molar-refractivity contribution in [3.8, 4) is 0 Å². The minimum atomic E-state index is -0.0576. The number of carbonyl (C=O) groups is 1. The molecule has 1 heterocycles. The highest BCUT2D eigenvalue weighted by molar-refractivity contribution is 9.09. The van der Waals surface area contributed by atoms with E-state index in [1.165, 1.54) is 0 Å². The maximum Gasteiger partial charge on any atom is 0.255 e. The van der Waals surface area contributed by atoms with Gasteiger partial charge in [-0.2, -0.15) is 0 Å². The first kappa shape index (κ1) is 12.3. The van der Waals surface area contributed by atoms with Crippen LogP contribution in [0.3, 0.4) is 0 Å². The van der Waals surface area contributed by atoms with Gasteiger partial charge in [-0.25, -0.2) is 0 Å². The molecule has 84 valence electrons. The fourth-order valence-corrected chi connectivity index (χ4v) is 2.08. The maximum absolute atomic E-state index is 11.8. The van der Waals surface area contributed by atoms with Gasteiger partial charge in [-0.1, -0.05) is 15.9 Å². The predicted molar refractivity (Wildman–Crippen MR) is 63.5 cm³/mol. The quantitative estimate of drug-likeness (QED) is 0.858. The number of nitrogens with one attached hydrogen (secondary N) is 1. The van der Waals surface area contributed by atoms with Crippen molar-refractivity contribution in [3.05, 3.63) is 23.2 Å². The van der Waals surface area contributed by atoms with Crippen LogP contribution in [-0.4, -0.2) is 17.3 Å². The molecule has 0 fully saturated rings. The Balaban J connectivity index is 2.65. The summed E-state index contributed by atoms with van der Waals surface area (Å²) in [5, 5.41) is 3.81. The second kappa shape index (κ2) is 5.35. The first-order valence-corrected chi connectivity index (χ1v) is 6.10. The summed E-state index contributed by atoms with van der Waals surface area (Å²) in [4.78, 5) is 11.8. The summed E-state index contributed by atoms with van der Waals surface area (Å²) in [6.07, 6.45) is 0.918. The second-order valence-electron chi connectivity index (χ2n) is 3.68. The van der Waals surface area contributed by atoms with Gasteiger partial charge in [0.15, 0.2) is 0 Å². The molecule has 0 radical (unpaired) electrons. The van der Waals surface area contributed by atoms with Crippen molar-refractivity contribution >= 4 is 21.8 Å². The molecule has 0 aliphatic heterocycles. The zero-order valence-electron chi connectivity index (χ0n) is 9.26. The van der Waals surface area contributed by atoms with Crippen molar-refractivity contribution in [2.75, 3.05) is 5.33 Å². The third kappa shape index (κ3) is 3.38. The van der Waals surface area contributed by atoms with Crippen LogP contribution < -0.4 is 5.32 Å². The van der Waals surface area contributed by atoms with Crippen LogP contribution in [-0.2, 0) is 0 Å². The molecule has 0 saturated carbocycles. The molecule has 0 spiro atoms. The molecule has 0 aliphatic carbocycles. The number of carbonyl (C=O) groups excluding carboxylic acids is 1. The van der Waals surface area contributed by atoms with Crippen molar-refractivity contribution in [3.63, 3.8) is 0 Å². The number of alkyl halides is 1. The molecule has 1 amide bonds. The van der Waals surface area contributed by atoms with E-state index in [0.717, 1.165) is 17.5 Å². The summed E-state index contributed by atoms with van der Waals surface area (Å²) in [6, 6.07) is 1.94. The zero-order chi connectivity index (χ0) is 11.4. The Bertz CT molecular complexity index is 346. The summed E-state index contributed by atoms with van der Waals surface area (Å²) < 4.78 is 5.31. The number of aryl methyl sites for hydroxylation is 2. The molecule has 4 heteroatoms. The number of rotatable bonds is 4. The number of amides is 1. The minimum absolute atomic E-state index is 0.0576. The van der Waals surface area contributed by atoms with Crippen LogP contribution in [0, 0.1) is 13.8 Å². The molecular weight excluding hydrogens is 258 g/mol. The number of halogens is 1. The zero-order valence-corrected chi connectivity index (χ0v) is 10.8. The van der Waals surface area contributed by atoms with E-state index in [9.17, 15) is 4.79 Å². The third-order valence-corrected chi connectivity index (χ3v) is 2.66. The molecule has 0 saturated heterocycles. The molecule has 1 aromatic rings. The van der Waals surface area contributed by atoms with Crippen LogP contribution in [0.2, 0.25) is 0 Å². The summed E-state index contributed by atoms with van der Waals surface area (Å²) in [7, 11) is 0. The number of hydrogen-bond donors (Lipinski definition) is 1. The number of hydrogen-bond acceptors (Lipinski definition) is 2. The molecule has 1 aromatic heterocycles. The topological polar surface area (TPSA) is 42.2 Å². The van der Waals surface area contributed by atoms with Crippen molar-refractivity contribution in [1.29, 1.82) is 0 Å². The molecular formula is C11H16BrNO2. The predicted octanol–water partition coefficient (Wildman–Crippen LogP) is 2.80. The van der Waals surface area contributed by atoms with E-state index < -0.39 is 0 Å². The van der Waals surface area contributed by atoms with Gasteiger partial charge in [0.05, 0.1) is 5.56 Å². The van der Waals surface area contributed by atoms with Crippen LogP contribution in [0.1, 0.15) is 35.2 Å². The molecule has 3 nitrogen and oxygen atoms in total. The smallest absolute Gasteiger partial charge is 0.255 e. The van der Waals surface area contributed by atoms with Crippen molar-refractivity contribution < 1.29 is 9.21 Å². The van der Waals surface area contributed by atoms with Gasteiger partial charge in [-0.3, -0.25) is 4.79 Å². The lowest BCUT2D eigenvalue weighted by molar-refractivity contribution is 0.0938. The van der Waals surface area contributed by atoms with E-state index in [4.69, 9.17) is 4.42 Å². The average molecular weight is 274 g/mol. The van der Waals surface area contributed by atoms with Gasteiger partial charge >= 0.3 is 0 Å². The molecule has 1 atom stereocenters. The van der Waals surface area contributed by atoms with Crippen molar-refractivity contribution in [1.82, 2.24) is 5.32 Å². The lowest BCUT2D eigenvalue weighted by Crippen LogP contribution is -2.32. The van der Waals surface area contributed by atoms with Crippen LogP contribution in [0.25, 0.3) is 0 Å². The van der Waals surface area contributed by atoms with Gasteiger partial charge in [0.1, 0.15) is 11.5 Å². The standard InChI is InChI=1S/C11H16BrNO2/c1-7(4-5-12)13-11(14)10-6-8(2)15-9(10)3/h6-7H,4-5H2,1-3H3,(H,13,14). The fourth-order valence-electron chi connectivity index (χ4n) is 1.39. The minimum Gasteiger partial charge on any atom is -0.466 e. The average Bonchev–Trinajstić information content (AvgIpc) is 2.45. The molecule has 0 aromatic carbocycles. The molecule has 1 unspecified atom stereocenters. The van der Waals surface area contributed by atoms with E-state index in [0.29, 0.717) is 11.3 Å². The van der Waals surface area contributed by atoms with Crippen LogP contribution >= 0.6 is 15.9 Å². The highest BCUT2D eigenvalue weighted by Crippen LogP contribution is 2.13. The summed E-state index contributed by atoms with van der Waals surface area (Å²) >= 11 is 3.34. The van der Waals surface area contributed by atoms with Crippen molar-refractivity contribution in [2.45, 2.75) is 33.2 Å². The Kier molecular flexibility index (Phi) is 4.39. The van der Waals surface area contributed by atoms with Crippen LogP contribution in [0.4, 0.5) is 0 Å². The lowest BCUT2D eigenvalue weighted by atomic mass is 10.2. The Morgan fingerprint density at radius 2 is 2.27 bits per heavy atom. The second-order valence-corrected chi connectivity index (χ2v) is 4.47. The SMILES string of the molecule is Cc1cc(C(=O)NC(C)CCBr)c(C)o1. The van der Waals surface area contributed by atoms with Gasteiger partial charge in [0, 0.05) is 11.4 Å². The fraction of sp³-hybridized carbons (Fsp3) is 0.545. The van der Waals surface area contributed by atoms with Crippen LogP contribution in [0.15, 0.2) is 10.5 Å². The lowest BCUT2D eigenvalue weighted by Gasteiger charge is -2.11. The molecule has 1 N–H and O–H groups in total. The van der Waals surface area contributed by atoms with E-state index in [1.807, 2.05) is 13.8 Å². The Morgan fingerprint density at radius 1 is 1.60 bits per heavy atom. The summed E-state index contributed by atoms with van der Waals surface area (Å²) in [5.41, 5.74) is 0.633. The van der Waals surface area contributed by atoms with E-state index >= 15 is 0 Å². The molecule has 0 aliphatic rings. The third-order valence-electron chi connectivity index (χ3n) is 2.21. The Morgan fingerprint density at radius 3 is 2.73 bits per heavy atom. The first-order chi connectivity index (χ1) is 7.04. The van der Waals surface area contributed by atoms with E-state index in [2.05, 4.69) is 21.2 Å². The monoisotopic (exact) mass is 273 g/mol. The Labute approximate surface area is 98.4 Å². The summed E-state index contributed by atoms with van der Waals surface area (Å²) in [5.74, 6) is 1.39. The highest BCUT2D eigenvalue weighted by Gasteiger charge is 2.14. The summed E-state index contributed by atoms with van der Waals surface area (Å²) in [6.45, 7) is 5.63. The molecule has 15 heavy (non-hydrogen) atoms. The van der Waals surface area contributed by atoms with Crippen molar-refractivity contribution in [2.24, 2.45) is 0 Å². The normalized spacial score (nSPS) is 12.5. The Hall–Kier alpha value is -0.770. The molecule has 0 bridgehead atoms. The first-order valence-electron chi connectivity index (χ1n) is 4.98. The van der Waals surface area contributed by atoms with E-state index in [-0.39, 0.29) is 11.9 Å². The van der Waals surface area contributed by atoms with Gasteiger partial charge in [-0.05, 0) is 33.3 Å². The van der Waals surface area contributed by atoms with E-state index in [1.54, 1.807) is 13.0 Å². The largest absolute Gasteiger partial charge is 0.466 e. The highest BCUT2D eigenvalue weighted by atomic mass is 79.9.